The van der Waals surface area contributed by atoms with E-state index in [1.807, 2.05) is 0 Å². The van der Waals surface area contributed by atoms with Crippen LogP contribution in [0, 0.1) is 5.82 Å². The molecule has 0 fully saturated rings. The molecule has 2 N–H and O–H groups in total. The number of benzene rings is 3. The van der Waals surface area contributed by atoms with Crippen LogP contribution in [0.5, 0.6) is 11.5 Å². The van der Waals surface area contributed by atoms with Gasteiger partial charge in [0.1, 0.15) is 17.1 Å². The summed E-state index contributed by atoms with van der Waals surface area (Å²) in [5.41, 5.74) is -1.32. The maximum absolute atomic E-state index is 14.0. The van der Waals surface area contributed by atoms with Crippen LogP contribution in [-0.2, 0) is 10.0 Å². The lowest BCUT2D eigenvalue weighted by Crippen LogP contribution is -2.16. The average Bonchev–Trinajstić information content (AvgIpc) is 2.66. The molecule has 0 unspecified atom stereocenters. The number of carboxylic acids is 1. The number of hydrogen-bond donors (Lipinski definition) is 2. The molecule has 6 nitrogen and oxygen atoms in total. The zero-order valence-electron chi connectivity index (χ0n) is 14.4. The van der Waals surface area contributed by atoms with Crippen molar-refractivity contribution in [2.45, 2.75) is 4.90 Å². The van der Waals surface area contributed by atoms with Gasteiger partial charge in [0, 0.05) is 0 Å². The Morgan fingerprint density at radius 3 is 2.24 bits per heavy atom. The van der Waals surface area contributed by atoms with Gasteiger partial charge in [-0.15, -0.1) is 0 Å². The van der Waals surface area contributed by atoms with E-state index in [0.717, 1.165) is 12.1 Å². The number of sulfonamides is 1. The van der Waals surface area contributed by atoms with Gasteiger partial charge in [0.15, 0.2) is 5.82 Å². The Morgan fingerprint density at radius 2 is 1.62 bits per heavy atom. The van der Waals surface area contributed by atoms with Gasteiger partial charge in [-0.05, 0) is 48.5 Å². The third kappa shape index (κ3) is 4.61. The van der Waals surface area contributed by atoms with Gasteiger partial charge in [0.05, 0.1) is 20.6 Å². The average molecular weight is 456 g/mol. The molecule has 0 bridgehead atoms. The Labute approximate surface area is 175 Å². The fourth-order valence-electron chi connectivity index (χ4n) is 2.39. The molecule has 0 aliphatic rings. The molecule has 0 saturated carbocycles. The number of anilines is 1. The molecule has 0 radical (unpaired) electrons. The Bertz CT molecular complexity index is 1180. The van der Waals surface area contributed by atoms with Crippen molar-refractivity contribution in [1.82, 2.24) is 0 Å². The number of para-hydroxylation sites is 1. The molecular formula is C19H12Cl2FNO5S. The van der Waals surface area contributed by atoms with Gasteiger partial charge in [-0.2, -0.15) is 0 Å². The normalized spacial score (nSPS) is 11.1. The van der Waals surface area contributed by atoms with Crippen LogP contribution in [-0.4, -0.2) is 19.5 Å². The number of aromatic carboxylic acids is 1. The fourth-order valence-corrected chi connectivity index (χ4v) is 3.79. The number of ether oxygens (including phenoxy) is 1. The first-order valence-corrected chi connectivity index (χ1v) is 10.2. The Kier molecular flexibility index (Phi) is 5.97. The van der Waals surface area contributed by atoms with Crippen molar-refractivity contribution >= 4 is 44.9 Å². The summed E-state index contributed by atoms with van der Waals surface area (Å²) in [6, 6.07) is 14.2. The van der Waals surface area contributed by atoms with Crippen molar-refractivity contribution in [3.8, 4) is 11.5 Å². The van der Waals surface area contributed by atoms with Crippen LogP contribution in [0.3, 0.4) is 0 Å². The van der Waals surface area contributed by atoms with Crippen molar-refractivity contribution in [1.29, 1.82) is 0 Å². The monoisotopic (exact) mass is 455 g/mol. The predicted molar refractivity (Wildman–Crippen MR) is 107 cm³/mol. The van der Waals surface area contributed by atoms with Gasteiger partial charge in [0.2, 0.25) is 0 Å². The van der Waals surface area contributed by atoms with E-state index in [0.29, 0.717) is 16.5 Å². The van der Waals surface area contributed by atoms with E-state index >= 15 is 0 Å². The van der Waals surface area contributed by atoms with Crippen LogP contribution in [0.2, 0.25) is 10.0 Å². The van der Waals surface area contributed by atoms with Crippen LogP contribution in [0.25, 0.3) is 0 Å². The lowest BCUT2D eigenvalue weighted by Gasteiger charge is -2.12. The summed E-state index contributed by atoms with van der Waals surface area (Å²) in [7, 11) is -4.20. The van der Waals surface area contributed by atoms with Gasteiger partial charge in [-0.3, -0.25) is 4.72 Å². The van der Waals surface area contributed by atoms with E-state index in [-0.39, 0.29) is 4.90 Å². The Morgan fingerprint density at radius 1 is 0.966 bits per heavy atom. The van der Waals surface area contributed by atoms with Crippen molar-refractivity contribution < 1.29 is 27.4 Å². The maximum Gasteiger partial charge on any atom is 0.340 e. The zero-order valence-corrected chi connectivity index (χ0v) is 16.7. The summed E-state index contributed by atoms with van der Waals surface area (Å²) >= 11 is 11.6. The Hall–Kier alpha value is -2.81. The van der Waals surface area contributed by atoms with Crippen molar-refractivity contribution in [2.24, 2.45) is 0 Å². The SMILES string of the molecule is O=C(O)c1c(NS(=O)(=O)c2ccc(Oc3ccccc3Cl)cc2)ccc(Cl)c1F. The first kappa shape index (κ1) is 20.9. The molecule has 0 atom stereocenters. The zero-order chi connectivity index (χ0) is 21.2. The lowest BCUT2D eigenvalue weighted by atomic mass is 10.2. The van der Waals surface area contributed by atoms with Crippen LogP contribution >= 0.6 is 23.2 Å². The molecule has 10 heteroatoms. The lowest BCUT2D eigenvalue weighted by molar-refractivity contribution is 0.0693. The van der Waals surface area contributed by atoms with Crippen LogP contribution in [0.15, 0.2) is 65.6 Å². The second kappa shape index (κ2) is 8.28. The molecule has 0 aromatic heterocycles. The van der Waals surface area contributed by atoms with E-state index < -0.39 is 38.1 Å². The molecule has 150 valence electrons. The van der Waals surface area contributed by atoms with Gasteiger partial charge < -0.3 is 9.84 Å². The number of nitrogens with one attached hydrogen (secondary N) is 1. The topological polar surface area (TPSA) is 92.7 Å². The van der Waals surface area contributed by atoms with Gasteiger partial charge in [-0.1, -0.05) is 35.3 Å². The summed E-state index contributed by atoms with van der Waals surface area (Å²) in [4.78, 5) is 11.1. The smallest absolute Gasteiger partial charge is 0.340 e. The highest BCUT2D eigenvalue weighted by atomic mass is 35.5. The van der Waals surface area contributed by atoms with Crippen LogP contribution in [0.1, 0.15) is 10.4 Å². The number of rotatable bonds is 6. The maximum atomic E-state index is 14.0. The molecule has 3 aromatic carbocycles. The molecule has 0 saturated heterocycles. The number of halogens is 3. The van der Waals surface area contributed by atoms with E-state index in [1.165, 1.54) is 24.3 Å². The highest BCUT2D eigenvalue weighted by molar-refractivity contribution is 7.92. The first-order valence-electron chi connectivity index (χ1n) is 7.95. The van der Waals surface area contributed by atoms with Crippen LogP contribution < -0.4 is 9.46 Å². The van der Waals surface area contributed by atoms with Crippen molar-refractivity contribution in [3.05, 3.63) is 82.1 Å². The predicted octanol–water partition coefficient (Wildman–Crippen LogP) is 5.42. The molecule has 0 aliphatic carbocycles. The molecule has 0 spiro atoms. The molecule has 3 aromatic rings. The summed E-state index contributed by atoms with van der Waals surface area (Å²) < 4.78 is 46.8. The minimum Gasteiger partial charge on any atom is -0.478 e. The Balaban J connectivity index is 1.87. The molecule has 0 heterocycles. The molecule has 0 aliphatic heterocycles. The summed E-state index contributed by atoms with van der Waals surface area (Å²) in [6.07, 6.45) is 0. The summed E-state index contributed by atoms with van der Waals surface area (Å²) in [5.74, 6) is -2.17. The van der Waals surface area contributed by atoms with E-state index in [2.05, 4.69) is 4.72 Å². The van der Waals surface area contributed by atoms with E-state index in [9.17, 15) is 22.7 Å². The minimum atomic E-state index is -4.20. The molecule has 29 heavy (non-hydrogen) atoms. The van der Waals surface area contributed by atoms with Gasteiger partial charge in [0.25, 0.3) is 10.0 Å². The number of carboxylic acid groups (broad SMARTS) is 1. The third-order valence-electron chi connectivity index (χ3n) is 3.75. The van der Waals surface area contributed by atoms with E-state index in [1.54, 1.807) is 24.3 Å². The largest absolute Gasteiger partial charge is 0.478 e. The van der Waals surface area contributed by atoms with Crippen molar-refractivity contribution in [2.75, 3.05) is 4.72 Å². The third-order valence-corrected chi connectivity index (χ3v) is 5.74. The highest BCUT2D eigenvalue weighted by Crippen LogP contribution is 2.31. The standard InChI is InChI=1S/C19H12Cl2FNO5S/c20-13-3-1-2-4-16(13)28-11-5-7-12(8-6-11)29(26,27)23-15-10-9-14(21)18(22)17(15)19(24)25/h1-10,23H,(H,24,25). The van der Waals surface area contributed by atoms with Gasteiger partial charge in [-0.25, -0.2) is 17.6 Å². The van der Waals surface area contributed by atoms with Crippen LogP contribution in [0.4, 0.5) is 10.1 Å². The second-order valence-corrected chi connectivity index (χ2v) is 8.20. The number of carbonyl (C=O) groups is 1. The fraction of sp³-hybridized carbons (Fsp3) is 0. The van der Waals surface area contributed by atoms with Crippen molar-refractivity contribution in [3.63, 3.8) is 0 Å². The molecule has 0 amide bonds. The summed E-state index contributed by atoms with van der Waals surface area (Å²) in [6.45, 7) is 0. The quantitative estimate of drug-likeness (QED) is 0.517. The minimum absolute atomic E-state index is 0.185. The second-order valence-electron chi connectivity index (χ2n) is 5.70. The molecular weight excluding hydrogens is 444 g/mol. The highest BCUT2D eigenvalue weighted by Gasteiger charge is 2.23. The summed E-state index contributed by atoms with van der Waals surface area (Å²) in [5, 5.41) is 9.12. The first-order chi connectivity index (χ1) is 13.7. The van der Waals surface area contributed by atoms with Gasteiger partial charge >= 0.3 is 5.97 Å². The van der Waals surface area contributed by atoms with E-state index in [4.69, 9.17) is 27.9 Å². The number of hydrogen-bond acceptors (Lipinski definition) is 4. The molecule has 3 rings (SSSR count).